The molecule has 0 aliphatic heterocycles. The highest BCUT2D eigenvalue weighted by Gasteiger charge is 2.05. The Morgan fingerprint density at radius 1 is 1.04 bits per heavy atom. The molecule has 1 amide bonds. The van der Waals surface area contributed by atoms with E-state index in [0.717, 1.165) is 23.4 Å². The molecular formula is C21H28N4O. The zero-order valence-corrected chi connectivity index (χ0v) is 15.8. The van der Waals surface area contributed by atoms with Crippen LogP contribution in [0.4, 0.5) is 11.4 Å². The van der Waals surface area contributed by atoms with Gasteiger partial charge in [0, 0.05) is 17.8 Å². The van der Waals surface area contributed by atoms with Gasteiger partial charge in [-0.05, 0) is 47.7 Å². The number of hydrogen-bond acceptors (Lipinski definition) is 2. The Balaban J connectivity index is 1.93. The van der Waals surface area contributed by atoms with Crippen molar-refractivity contribution in [1.29, 1.82) is 0 Å². The van der Waals surface area contributed by atoms with Crippen molar-refractivity contribution in [1.82, 2.24) is 0 Å². The van der Waals surface area contributed by atoms with Crippen LogP contribution in [0.3, 0.4) is 0 Å². The summed E-state index contributed by atoms with van der Waals surface area (Å²) in [4.78, 5) is 16.3. The minimum Gasteiger partial charge on any atom is -0.370 e. The van der Waals surface area contributed by atoms with Gasteiger partial charge >= 0.3 is 0 Å². The Labute approximate surface area is 155 Å². The molecule has 0 radical (unpaired) electrons. The van der Waals surface area contributed by atoms with Gasteiger partial charge in [-0.1, -0.05) is 45.0 Å². The Bertz CT molecular complexity index is 751. The molecule has 4 N–H and O–H groups in total. The first-order chi connectivity index (χ1) is 12.5. The maximum absolute atomic E-state index is 11.9. The molecule has 5 nitrogen and oxygen atoms in total. The monoisotopic (exact) mass is 352 g/mol. The molecule has 5 heteroatoms. The van der Waals surface area contributed by atoms with Crippen LogP contribution in [0.1, 0.15) is 38.3 Å². The summed E-state index contributed by atoms with van der Waals surface area (Å²) in [6.45, 7) is 6.62. The summed E-state index contributed by atoms with van der Waals surface area (Å²) in [7, 11) is 0. The number of hydrogen-bond donors (Lipinski definition) is 3. The SMILES string of the molecule is CCc1ccc(NC(N)=NCc2cccc(NC(=O)CC(C)C)c2)cc1. The molecule has 0 atom stereocenters. The smallest absolute Gasteiger partial charge is 0.224 e. The largest absolute Gasteiger partial charge is 0.370 e. The normalized spacial score (nSPS) is 11.5. The molecule has 0 aliphatic rings. The number of guanidine groups is 1. The molecule has 0 saturated heterocycles. The van der Waals surface area contributed by atoms with Gasteiger partial charge in [-0.2, -0.15) is 0 Å². The summed E-state index contributed by atoms with van der Waals surface area (Å²) < 4.78 is 0. The topological polar surface area (TPSA) is 79.5 Å². The van der Waals surface area contributed by atoms with E-state index in [1.54, 1.807) is 0 Å². The Hall–Kier alpha value is -2.82. The zero-order valence-electron chi connectivity index (χ0n) is 15.8. The zero-order chi connectivity index (χ0) is 18.9. The molecule has 0 aromatic heterocycles. The quantitative estimate of drug-likeness (QED) is 0.517. The van der Waals surface area contributed by atoms with E-state index in [-0.39, 0.29) is 5.91 Å². The molecule has 0 bridgehead atoms. The van der Waals surface area contributed by atoms with E-state index in [9.17, 15) is 4.79 Å². The Morgan fingerprint density at radius 3 is 2.42 bits per heavy atom. The van der Waals surface area contributed by atoms with E-state index < -0.39 is 0 Å². The standard InChI is InChI=1S/C21H28N4O/c1-4-16-8-10-18(11-9-16)25-21(22)23-14-17-6-5-7-19(13-17)24-20(26)12-15(2)3/h5-11,13,15H,4,12,14H2,1-3H3,(H,24,26)(H3,22,23,25). The van der Waals surface area contributed by atoms with E-state index in [1.165, 1.54) is 5.56 Å². The van der Waals surface area contributed by atoms with Gasteiger partial charge in [-0.15, -0.1) is 0 Å². The minimum atomic E-state index is 0.0253. The molecule has 2 rings (SSSR count). The van der Waals surface area contributed by atoms with Gasteiger partial charge in [0.2, 0.25) is 5.91 Å². The molecular weight excluding hydrogens is 324 g/mol. The van der Waals surface area contributed by atoms with Crippen molar-refractivity contribution in [3.8, 4) is 0 Å². The molecule has 0 fully saturated rings. The number of nitrogens with two attached hydrogens (primary N) is 1. The number of aliphatic imine (C=N–C) groups is 1. The number of benzene rings is 2. The number of carbonyl (C=O) groups is 1. The molecule has 26 heavy (non-hydrogen) atoms. The first-order valence-corrected chi connectivity index (χ1v) is 9.01. The molecule has 2 aromatic rings. The van der Waals surface area contributed by atoms with Crippen molar-refractivity contribution in [2.75, 3.05) is 10.6 Å². The summed E-state index contributed by atoms with van der Waals surface area (Å²) in [6, 6.07) is 15.8. The summed E-state index contributed by atoms with van der Waals surface area (Å²) in [5.74, 6) is 0.723. The average Bonchev–Trinajstić information content (AvgIpc) is 2.60. The summed E-state index contributed by atoms with van der Waals surface area (Å²) >= 11 is 0. The third-order valence-electron chi connectivity index (χ3n) is 3.87. The second-order valence-corrected chi connectivity index (χ2v) is 6.72. The third-order valence-corrected chi connectivity index (χ3v) is 3.87. The maximum Gasteiger partial charge on any atom is 0.224 e. The molecule has 0 saturated carbocycles. The predicted molar refractivity (Wildman–Crippen MR) is 109 cm³/mol. The highest BCUT2D eigenvalue weighted by atomic mass is 16.1. The Kier molecular flexibility index (Phi) is 7.21. The summed E-state index contributed by atoms with van der Waals surface area (Å²) in [5.41, 5.74) is 9.93. The minimum absolute atomic E-state index is 0.0253. The van der Waals surface area contributed by atoms with E-state index in [1.807, 2.05) is 50.2 Å². The molecule has 0 unspecified atom stereocenters. The number of nitrogens with one attached hydrogen (secondary N) is 2. The van der Waals surface area contributed by atoms with Gasteiger partial charge in [0.25, 0.3) is 0 Å². The van der Waals surface area contributed by atoms with Crippen LogP contribution >= 0.6 is 0 Å². The predicted octanol–water partition coefficient (Wildman–Crippen LogP) is 4.16. The highest BCUT2D eigenvalue weighted by Crippen LogP contribution is 2.13. The van der Waals surface area contributed by atoms with Crippen LogP contribution < -0.4 is 16.4 Å². The van der Waals surface area contributed by atoms with Crippen molar-refractivity contribution in [3.63, 3.8) is 0 Å². The number of amides is 1. The first kappa shape index (κ1) is 19.5. The molecule has 138 valence electrons. The fourth-order valence-corrected chi connectivity index (χ4v) is 2.52. The Morgan fingerprint density at radius 2 is 1.77 bits per heavy atom. The summed E-state index contributed by atoms with van der Waals surface area (Å²) in [5, 5.41) is 6.01. The lowest BCUT2D eigenvalue weighted by Crippen LogP contribution is -2.22. The van der Waals surface area contributed by atoms with Crippen LogP contribution in [0.2, 0.25) is 0 Å². The third kappa shape index (κ3) is 6.59. The number of carbonyl (C=O) groups excluding carboxylic acids is 1. The van der Waals surface area contributed by atoms with Gasteiger partial charge in [-0.3, -0.25) is 4.79 Å². The van der Waals surface area contributed by atoms with Gasteiger partial charge in [0.15, 0.2) is 5.96 Å². The van der Waals surface area contributed by atoms with Crippen LogP contribution in [0.15, 0.2) is 53.5 Å². The fourth-order valence-electron chi connectivity index (χ4n) is 2.52. The maximum atomic E-state index is 11.9. The second kappa shape index (κ2) is 9.61. The van der Waals surface area contributed by atoms with Crippen molar-refractivity contribution < 1.29 is 4.79 Å². The first-order valence-electron chi connectivity index (χ1n) is 9.01. The fraction of sp³-hybridized carbons (Fsp3) is 0.333. The van der Waals surface area contributed by atoms with E-state index in [0.29, 0.717) is 24.8 Å². The van der Waals surface area contributed by atoms with Crippen molar-refractivity contribution in [2.45, 2.75) is 40.2 Å². The highest BCUT2D eigenvalue weighted by molar-refractivity contribution is 5.92. The van der Waals surface area contributed by atoms with Gasteiger partial charge in [0.1, 0.15) is 0 Å². The van der Waals surface area contributed by atoms with E-state index >= 15 is 0 Å². The number of aryl methyl sites for hydroxylation is 1. The van der Waals surface area contributed by atoms with Crippen molar-refractivity contribution in [3.05, 3.63) is 59.7 Å². The lowest BCUT2D eigenvalue weighted by molar-refractivity contribution is -0.116. The van der Waals surface area contributed by atoms with E-state index in [4.69, 9.17) is 5.73 Å². The van der Waals surface area contributed by atoms with Gasteiger partial charge in [0.05, 0.1) is 6.54 Å². The number of nitrogens with zero attached hydrogens (tertiary/aromatic N) is 1. The van der Waals surface area contributed by atoms with Gasteiger partial charge in [-0.25, -0.2) is 4.99 Å². The van der Waals surface area contributed by atoms with Crippen LogP contribution in [-0.2, 0) is 17.8 Å². The number of anilines is 2. The van der Waals surface area contributed by atoms with Crippen molar-refractivity contribution >= 4 is 23.2 Å². The van der Waals surface area contributed by atoms with Crippen LogP contribution in [-0.4, -0.2) is 11.9 Å². The number of rotatable bonds is 7. The molecule has 0 aliphatic carbocycles. The summed E-state index contributed by atoms with van der Waals surface area (Å²) in [6.07, 6.45) is 1.52. The second-order valence-electron chi connectivity index (χ2n) is 6.72. The molecule has 0 spiro atoms. The van der Waals surface area contributed by atoms with Gasteiger partial charge < -0.3 is 16.4 Å². The lowest BCUT2D eigenvalue weighted by Gasteiger charge is -2.09. The lowest BCUT2D eigenvalue weighted by atomic mass is 10.1. The molecule has 2 aromatic carbocycles. The van der Waals surface area contributed by atoms with Crippen LogP contribution in [0, 0.1) is 5.92 Å². The van der Waals surface area contributed by atoms with Crippen LogP contribution in [0.25, 0.3) is 0 Å². The van der Waals surface area contributed by atoms with Crippen molar-refractivity contribution in [2.24, 2.45) is 16.6 Å². The average molecular weight is 352 g/mol. The van der Waals surface area contributed by atoms with Crippen LogP contribution in [0.5, 0.6) is 0 Å². The van der Waals surface area contributed by atoms with E-state index in [2.05, 4.69) is 34.7 Å². The molecule has 0 heterocycles.